The van der Waals surface area contributed by atoms with Crippen molar-refractivity contribution in [3.63, 3.8) is 0 Å². The zero-order chi connectivity index (χ0) is 11.8. The van der Waals surface area contributed by atoms with E-state index in [9.17, 15) is 8.42 Å². The summed E-state index contributed by atoms with van der Waals surface area (Å²) in [5.74, 6) is 0. The summed E-state index contributed by atoms with van der Waals surface area (Å²) in [5.41, 5.74) is 1.03. The first-order valence-electron chi connectivity index (χ1n) is 5.16. The summed E-state index contributed by atoms with van der Waals surface area (Å²) in [4.78, 5) is 2.24. The Bertz CT molecular complexity index is 461. The van der Waals surface area contributed by atoms with Crippen molar-refractivity contribution in [2.75, 3.05) is 20.1 Å². The van der Waals surface area contributed by atoms with Gasteiger partial charge in [0.2, 0.25) is 0 Å². The third kappa shape index (κ3) is 2.42. The van der Waals surface area contributed by atoms with E-state index in [4.69, 9.17) is 4.18 Å². The van der Waals surface area contributed by atoms with Crippen LogP contribution in [-0.2, 0) is 14.3 Å². The lowest BCUT2D eigenvalue weighted by Gasteiger charge is -2.34. The lowest BCUT2D eigenvalue weighted by atomic mass is 10.2. The molecule has 0 bridgehead atoms. The topological polar surface area (TPSA) is 46.6 Å². The monoisotopic (exact) mass is 241 g/mol. The zero-order valence-corrected chi connectivity index (χ0v) is 10.2. The molecule has 2 rings (SSSR count). The molecule has 0 atom stereocenters. The van der Waals surface area contributed by atoms with Gasteiger partial charge in [0.1, 0.15) is 6.10 Å². The maximum absolute atomic E-state index is 11.8. The van der Waals surface area contributed by atoms with E-state index in [-0.39, 0.29) is 11.0 Å². The van der Waals surface area contributed by atoms with Crippen LogP contribution in [0.2, 0.25) is 0 Å². The number of hydrogen-bond donors (Lipinski definition) is 0. The van der Waals surface area contributed by atoms with Crippen molar-refractivity contribution in [2.24, 2.45) is 0 Å². The highest BCUT2D eigenvalue weighted by Crippen LogP contribution is 2.18. The number of likely N-dealkylation sites (N-methyl/N-ethyl adjacent to an activating group) is 1. The molecule has 0 aliphatic carbocycles. The Hall–Kier alpha value is -0.910. The van der Waals surface area contributed by atoms with Crippen LogP contribution in [-0.4, -0.2) is 39.6 Å². The van der Waals surface area contributed by atoms with Gasteiger partial charge in [0.05, 0.1) is 4.90 Å². The molecule has 1 heterocycles. The number of nitrogens with zero attached hydrogens (tertiary/aromatic N) is 1. The fourth-order valence-corrected chi connectivity index (χ4v) is 2.70. The lowest BCUT2D eigenvalue weighted by molar-refractivity contribution is 0.0438. The minimum Gasteiger partial charge on any atom is -0.301 e. The van der Waals surface area contributed by atoms with Crippen molar-refractivity contribution in [2.45, 2.75) is 17.9 Å². The van der Waals surface area contributed by atoms with Gasteiger partial charge in [-0.2, -0.15) is 8.42 Å². The van der Waals surface area contributed by atoms with E-state index in [0.717, 1.165) is 5.56 Å². The summed E-state index contributed by atoms with van der Waals surface area (Å²) < 4.78 is 28.7. The van der Waals surface area contributed by atoms with E-state index in [0.29, 0.717) is 13.1 Å². The predicted octanol–water partition coefficient (Wildman–Crippen LogP) is 1.01. The molecule has 0 aromatic heterocycles. The van der Waals surface area contributed by atoms with Gasteiger partial charge in [0.25, 0.3) is 10.1 Å². The summed E-state index contributed by atoms with van der Waals surface area (Å²) in [6.07, 6.45) is -0.198. The van der Waals surface area contributed by atoms with Crippen LogP contribution in [0.3, 0.4) is 0 Å². The minimum atomic E-state index is -3.59. The number of benzene rings is 1. The molecule has 0 N–H and O–H groups in total. The van der Waals surface area contributed by atoms with E-state index in [1.807, 2.05) is 18.9 Å². The van der Waals surface area contributed by atoms with Crippen LogP contribution in [0.15, 0.2) is 29.2 Å². The summed E-state index contributed by atoms with van der Waals surface area (Å²) in [5, 5.41) is 0. The summed E-state index contributed by atoms with van der Waals surface area (Å²) in [6.45, 7) is 3.26. The van der Waals surface area contributed by atoms with Gasteiger partial charge in [-0.1, -0.05) is 17.7 Å². The minimum absolute atomic E-state index is 0.198. The molecule has 88 valence electrons. The van der Waals surface area contributed by atoms with Crippen LogP contribution < -0.4 is 0 Å². The Kier molecular flexibility index (Phi) is 3.01. The van der Waals surface area contributed by atoms with Crippen molar-refractivity contribution < 1.29 is 12.6 Å². The van der Waals surface area contributed by atoms with Crippen molar-refractivity contribution in [1.82, 2.24) is 4.90 Å². The van der Waals surface area contributed by atoms with Crippen molar-refractivity contribution in [3.8, 4) is 0 Å². The van der Waals surface area contributed by atoms with Gasteiger partial charge in [-0.15, -0.1) is 0 Å². The fourth-order valence-electron chi connectivity index (χ4n) is 1.64. The fraction of sp³-hybridized carbons (Fsp3) is 0.455. The highest BCUT2D eigenvalue weighted by molar-refractivity contribution is 7.86. The van der Waals surface area contributed by atoms with E-state index >= 15 is 0 Å². The molecular weight excluding hydrogens is 226 g/mol. The highest BCUT2D eigenvalue weighted by atomic mass is 32.2. The Morgan fingerprint density at radius 3 is 2.31 bits per heavy atom. The number of hydrogen-bond acceptors (Lipinski definition) is 4. The molecule has 1 fully saturated rings. The van der Waals surface area contributed by atoms with Gasteiger partial charge in [0.15, 0.2) is 0 Å². The third-order valence-corrected chi connectivity index (χ3v) is 3.98. The molecule has 1 aliphatic heterocycles. The molecule has 1 saturated heterocycles. The molecule has 1 aromatic carbocycles. The highest BCUT2D eigenvalue weighted by Gasteiger charge is 2.29. The first kappa shape index (κ1) is 11.6. The van der Waals surface area contributed by atoms with Gasteiger partial charge < -0.3 is 4.90 Å². The van der Waals surface area contributed by atoms with Crippen molar-refractivity contribution in [3.05, 3.63) is 29.8 Å². The maximum Gasteiger partial charge on any atom is 0.297 e. The van der Waals surface area contributed by atoms with Crippen LogP contribution >= 0.6 is 0 Å². The number of rotatable bonds is 3. The average Bonchev–Trinajstić information content (AvgIpc) is 2.15. The Balaban J connectivity index is 2.10. The van der Waals surface area contributed by atoms with Crippen LogP contribution in [0.5, 0.6) is 0 Å². The summed E-state index contributed by atoms with van der Waals surface area (Å²) >= 11 is 0. The largest absolute Gasteiger partial charge is 0.301 e. The van der Waals surface area contributed by atoms with Gasteiger partial charge >= 0.3 is 0 Å². The van der Waals surface area contributed by atoms with Crippen LogP contribution in [0.4, 0.5) is 0 Å². The second-order valence-corrected chi connectivity index (χ2v) is 5.78. The maximum atomic E-state index is 11.8. The van der Waals surface area contributed by atoms with Crippen LogP contribution in [0.1, 0.15) is 5.56 Å². The second kappa shape index (κ2) is 4.16. The van der Waals surface area contributed by atoms with Gasteiger partial charge in [-0.25, -0.2) is 0 Å². The molecule has 0 unspecified atom stereocenters. The molecule has 0 saturated carbocycles. The molecule has 0 amide bonds. The van der Waals surface area contributed by atoms with Gasteiger partial charge in [0, 0.05) is 13.1 Å². The molecule has 1 aliphatic rings. The normalized spacial score (nSPS) is 18.4. The molecule has 5 heteroatoms. The number of likely N-dealkylation sites (tertiary alicyclic amines) is 1. The van der Waals surface area contributed by atoms with Gasteiger partial charge in [-0.05, 0) is 26.1 Å². The molecule has 1 aromatic rings. The third-order valence-electron chi connectivity index (χ3n) is 2.60. The molecular formula is C11H15NO3S. The Morgan fingerprint density at radius 2 is 1.81 bits per heavy atom. The summed E-state index contributed by atoms with van der Waals surface area (Å²) in [7, 11) is -1.66. The van der Waals surface area contributed by atoms with Crippen LogP contribution in [0.25, 0.3) is 0 Å². The lowest BCUT2D eigenvalue weighted by Crippen LogP contribution is -2.50. The molecule has 0 radical (unpaired) electrons. The van der Waals surface area contributed by atoms with E-state index in [1.165, 1.54) is 0 Å². The van der Waals surface area contributed by atoms with E-state index in [1.54, 1.807) is 24.3 Å². The summed E-state index contributed by atoms with van der Waals surface area (Å²) in [6, 6.07) is 6.69. The van der Waals surface area contributed by atoms with Crippen molar-refractivity contribution >= 4 is 10.1 Å². The van der Waals surface area contributed by atoms with E-state index in [2.05, 4.69) is 0 Å². The molecule has 0 spiro atoms. The van der Waals surface area contributed by atoms with Gasteiger partial charge in [-0.3, -0.25) is 4.18 Å². The quantitative estimate of drug-likeness (QED) is 0.741. The second-order valence-electron chi connectivity index (χ2n) is 4.21. The van der Waals surface area contributed by atoms with Crippen LogP contribution in [0, 0.1) is 6.92 Å². The Morgan fingerprint density at radius 1 is 1.25 bits per heavy atom. The first-order valence-corrected chi connectivity index (χ1v) is 6.57. The predicted molar refractivity (Wildman–Crippen MR) is 60.7 cm³/mol. The standard InChI is InChI=1S/C11H15NO3S/c1-9-3-5-11(6-4-9)16(13,14)15-10-7-12(2)8-10/h3-6,10H,7-8H2,1-2H3. The number of aryl methyl sites for hydroxylation is 1. The average molecular weight is 241 g/mol. The first-order chi connectivity index (χ1) is 7.47. The van der Waals surface area contributed by atoms with E-state index < -0.39 is 10.1 Å². The zero-order valence-electron chi connectivity index (χ0n) is 9.38. The molecule has 16 heavy (non-hydrogen) atoms. The smallest absolute Gasteiger partial charge is 0.297 e. The Labute approximate surface area is 96.0 Å². The molecule has 4 nitrogen and oxygen atoms in total. The SMILES string of the molecule is Cc1ccc(S(=O)(=O)OC2CN(C)C2)cc1. The van der Waals surface area contributed by atoms with Crippen molar-refractivity contribution in [1.29, 1.82) is 0 Å².